The summed E-state index contributed by atoms with van der Waals surface area (Å²) >= 11 is 0. The quantitative estimate of drug-likeness (QED) is 0.202. The average molecular weight is 373 g/mol. The van der Waals surface area contributed by atoms with E-state index in [4.69, 9.17) is 0 Å². The lowest BCUT2D eigenvalue weighted by atomic mass is 10.0. The molecule has 0 atom stereocenters. The topological polar surface area (TPSA) is 192 Å². The van der Waals surface area contributed by atoms with Crippen molar-refractivity contribution < 1.29 is 40.2 Å². The van der Waals surface area contributed by atoms with Crippen LogP contribution in [0.25, 0.3) is 0 Å². The van der Waals surface area contributed by atoms with Gasteiger partial charge in [0.2, 0.25) is 0 Å². The fourth-order valence-electron chi connectivity index (χ4n) is 1.85. The van der Waals surface area contributed by atoms with Crippen molar-refractivity contribution >= 4 is 11.8 Å². The molecule has 1 heterocycles. The van der Waals surface area contributed by atoms with Gasteiger partial charge in [-0.25, -0.2) is 0 Å². The van der Waals surface area contributed by atoms with Crippen molar-refractivity contribution in [2.45, 2.75) is 11.1 Å². The van der Waals surface area contributed by atoms with Gasteiger partial charge >= 0.3 is 0 Å². The minimum Gasteiger partial charge on any atom is -0.394 e. The average Bonchev–Trinajstić information content (AvgIpc) is 2.70. The lowest BCUT2D eigenvalue weighted by molar-refractivity contribution is 0.0371. The van der Waals surface area contributed by atoms with Crippen molar-refractivity contribution in [2.24, 2.45) is 0 Å². The first-order valence-electron chi connectivity index (χ1n) is 7.60. The Hall–Kier alpha value is -2.15. The van der Waals surface area contributed by atoms with Crippen LogP contribution in [0, 0.1) is 0 Å². The van der Waals surface area contributed by atoms with E-state index in [-0.39, 0.29) is 11.1 Å². The molecule has 0 spiro atoms. The summed E-state index contributed by atoms with van der Waals surface area (Å²) in [7, 11) is 0. The van der Waals surface area contributed by atoms with Gasteiger partial charge in [0.1, 0.15) is 11.1 Å². The number of amides is 2. The Balaban J connectivity index is 3.00. The Morgan fingerprint density at radius 1 is 0.731 bits per heavy atom. The first kappa shape index (κ1) is 21.9. The Kier molecular flexibility index (Phi) is 8.02. The van der Waals surface area contributed by atoms with Crippen LogP contribution in [-0.2, 0) is 0 Å². The van der Waals surface area contributed by atoms with Crippen molar-refractivity contribution in [3.8, 4) is 0 Å². The fraction of sp³-hybridized carbons (Fsp3) is 0.533. The van der Waals surface area contributed by atoms with E-state index in [0.717, 1.165) is 18.5 Å². The summed E-state index contributed by atoms with van der Waals surface area (Å²) in [5.74, 6) is -1.61. The minimum atomic E-state index is -1.64. The Labute approximate surface area is 148 Å². The molecule has 0 aromatic carbocycles. The molecule has 1 rings (SSSR count). The molecule has 146 valence electrons. The molecule has 1 aromatic heterocycles. The fourth-order valence-corrected chi connectivity index (χ4v) is 1.85. The van der Waals surface area contributed by atoms with E-state index in [2.05, 4.69) is 15.6 Å². The lowest BCUT2D eigenvalue weighted by Gasteiger charge is -2.29. The first-order chi connectivity index (χ1) is 12.3. The predicted molar refractivity (Wildman–Crippen MR) is 87.1 cm³/mol. The number of aliphatic hydroxyl groups is 6. The molecule has 11 heteroatoms. The lowest BCUT2D eigenvalue weighted by Crippen LogP contribution is -2.57. The zero-order valence-electron chi connectivity index (χ0n) is 13.9. The highest BCUT2D eigenvalue weighted by Gasteiger charge is 2.32. The third-order valence-corrected chi connectivity index (χ3v) is 3.84. The third kappa shape index (κ3) is 4.94. The van der Waals surface area contributed by atoms with Crippen LogP contribution in [0.5, 0.6) is 0 Å². The molecule has 1 aromatic rings. The Morgan fingerprint density at radius 2 is 1.04 bits per heavy atom. The van der Waals surface area contributed by atoms with Gasteiger partial charge in [-0.05, 0) is 6.07 Å². The van der Waals surface area contributed by atoms with Gasteiger partial charge in [0.25, 0.3) is 11.8 Å². The third-order valence-electron chi connectivity index (χ3n) is 3.84. The molecule has 2 amide bonds. The Bertz CT molecular complexity index is 551. The van der Waals surface area contributed by atoms with E-state index in [1.54, 1.807) is 0 Å². The number of carbonyl (C=O) groups excluding carboxylic acids is 2. The second kappa shape index (κ2) is 9.52. The number of carbonyl (C=O) groups is 2. The molecular weight excluding hydrogens is 350 g/mol. The highest BCUT2D eigenvalue weighted by atomic mass is 16.3. The van der Waals surface area contributed by atoms with E-state index >= 15 is 0 Å². The van der Waals surface area contributed by atoms with Gasteiger partial charge in [0, 0.05) is 12.4 Å². The van der Waals surface area contributed by atoms with Gasteiger partial charge in [-0.3, -0.25) is 14.6 Å². The summed E-state index contributed by atoms with van der Waals surface area (Å²) in [6.07, 6.45) is 2.25. The number of nitrogens with zero attached hydrogens (tertiary/aromatic N) is 1. The minimum absolute atomic E-state index is 0.0972. The van der Waals surface area contributed by atoms with Crippen LogP contribution in [0.3, 0.4) is 0 Å². The van der Waals surface area contributed by atoms with Crippen molar-refractivity contribution in [3.05, 3.63) is 29.6 Å². The van der Waals surface area contributed by atoms with Gasteiger partial charge < -0.3 is 41.3 Å². The maximum atomic E-state index is 12.2. The largest absolute Gasteiger partial charge is 0.394 e. The normalized spacial score (nSPS) is 11.9. The van der Waals surface area contributed by atoms with Crippen molar-refractivity contribution in [1.29, 1.82) is 0 Å². The van der Waals surface area contributed by atoms with Crippen LogP contribution in [0.1, 0.15) is 20.7 Å². The summed E-state index contributed by atoms with van der Waals surface area (Å²) in [5.41, 5.74) is -3.48. The summed E-state index contributed by atoms with van der Waals surface area (Å²) in [5, 5.41) is 60.0. The second-order valence-corrected chi connectivity index (χ2v) is 5.88. The van der Waals surface area contributed by atoms with E-state index in [0.29, 0.717) is 0 Å². The summed E-state index contributed by atoms with van der Waals surface area (Å²) in [6, 6.07) is 1.14. The van der Waals surface area contributed by atoms with Gasteiger partial charge in [0.05, 0.1) is 50.8 Å². The van der Waals surface area contributed by atoms with E-state index in [9.17, 15) is 40.2 Å². The molecule has 26 heavy (non-hydrogen) atoms. The van der Waals surface area contributed by atoms with Crippen molar-refractivity contribution in [2.75, 3.05) is 39.6 Å². The molecular formula is C15H23N3O8. The predicted octanol–water partition coefficient (Wildman–Crippen LogP) is -4.03. The molecule has 8 N–H and O–H groups in total. The van der Waals surface area contributed by atoms with Crippen LogP contribution in [0.15, 0.2) is 18.5 Å². The highest BCUT2D eigenvalue weighted by Crippen LogP contribution is 2.09. The number of rotatable bonds is 10. The monoisotopic (exact) mass is 373 g/mol. The molecule has 11 nitrogen and oxygen atoms in total. The number of pyridine rings is 1. The van der Waals surface area contributed by atoms with Crippen molar-refractivity contribution in [3.63, 3.8) is 0 Å². The number of aliphatic hydroxyl groups excluding tert-OH is 6. The molecule has 0 radical (unpaired) electrons. The smallest absolute Gasteiger partial charge is 0.253 e. The first-order valence-corrected chi connectivity index (χ1v) is 7.60. The van der Waals surface area contributed by atoms with Crippen LogP contribution >= 0.6 is 0 Å². The van der Waals surface area contributed by atoms with Gasteiger partial charge in [-0.1, -0.05) is 0 Å². The molecule has 0 bridgehead atoms. The standard InChI is InChI=1S/C15H23N3O8/c19-4-14(5-20,6-21)17-12(25)10-1-11(3-16-2-10)13(26)18-15(7-22,8-23)9-24/h1-3,19-24H,4-9H2,(H,17,25)(H,18,26). The molecule has 0 aliphatic rings. The Morgan fingerprint density at radius 3 is 1.31 bits per heavy atom. The number of hydrogen-bond acceptors (Lipinski definition) is 9. The maximum Gasteiger partial charge on any atom is 0.253 e. The van der Waals surface area contributed by atoms with Gasteiger partial charge in [-0.2, -0.15) is 0 Å². The highest BCUT2D eigenvalue weighted by molar-refractivity contribution is 5.99. The maximum absolute atomic E-state index is 12.2. The SMILES string of the molecule is O=C(NC(CO)(CO)CO)c1cncc(C(=O)NC(CO)(CO)CO)c1. The zero-order chi connectivity index (χ0) is 19.8. The van der Waals surface area contributed by atoms with Gasteiger partial charge in [0.15, 0.2) is 0 Å². The van der Waals surface area contributed by atoms with Crippen molar-refractivity contribution in [1.82, 2.24) is 15.6 Å². The molecule has 0 aliphatic carbocycles. The molecule has 0 aliphatic heterocycles. The van der Waals surface area contributed by atoms with Crippen LogP contribution in [0.4, 0.5) is 0 Å². The summed E-state index contributed by atoms with van der Waals surface area (Å²) in [6.45, 7) is -4.30. The molecule has 0 saturated heterocycles. The number of nitrogens with one attached hydrogen (secondary N) is 2. The number of aromatic nitrogens is 1. The van der Waals surface area contributed by atoms with E-state index < -0.39 is 62.5 Å². The molecule has 0 saturated carbocycles. The van der Waals surface area contributed by atoms with Gasteiger partial charge in [-0.15, -0.1) is 0 Å². The summed E-state index contributed by atoms with van der Waals surface area (Å²) < 4.78 is 0. The van der Waals surface area contributed by atoms with E-state index in [1.165, 1.54) is 0 Å². The second-order valence-electron chi connectivity index (χ2n) is 5.88. The van der Waals surface area contributed by atoms with Crippen LogP contribution in [0.2, 0.25) is 0 Å². The number of hydrogen-bond donors (Lipinski definition) is 8. The zero-order valence-corrected chi connectivity index (χ0v) is 13.9. The molecule has 0 unspecified atom stereocenters. The summed E-state index contributed by atoms with van der Waals surface area (Å²) in [4.78, 5) is 28.2. The van der Waals surface area contributed by atoms with Crippen LogP contribution < -0.4 is 10.6 Å². The molecule has 0 fully saturated rings. The van der Waals surface area contributed by atoms with Crippen LogP contribution in [-0.4, -0.2) is 98.2 Å². The van der Waals surface area contributed by atoms with E-state index in [1.807, 2.05) is 0 Å².